The Morgan fingerprint density at radius 3 is 2.30 bits per heavy atom. The first-order valence-electron chi connectivity index (χ1n) is 7.82. The fraction of sp³-hybridized carbons (Fsp3) is 0.200. The first kappa shape index (κ1) is 15.8. The molecule has 1 N–H and O–H groups in total. The van der Waals surface area contributed by atoms with Crippen molar-refractivity contribution in [1.82, 2.24) is 5.32 Å². The summed E-state index contributed by atoms with van der Waals surface area (Å²) < 4.78 is 0. The fourth-order valence-electron chi connectivity index (χ4n) is 2.50. The number of hydrogen-bond donors (Lipinski definition) is 1. The van der Waals surface area contributed by atoms with Crippen LogP contribution in [0.2, 0.25) is 0 Å². The summed E-state index contributed by atoms with van der Waals surface area (Å²) in [6.07, 6.45) is 0. The van der Waals surface area contributed by atoms with Crippen LogP contribution in [0.1, 0.15) is 10.4 Å². The van der Waals surface area contributed by atoms with Crippen molar-refractivity contribution >= 4 is 17.0 Å². The molecule has 0 unspecified atom stereocenters. The van der Waals surface area contributed by atoms with Crippen molar-refractivity contribution in [2.75, 3.05) is 19.0 Å². The lowest BCUT2D eigenvalue weighted by Gasteiger charge is -2.12. The van der Waals surface area contributed by atoms with Crippen molar-refractivity contribution in [1.29, 1.82) is 0 Å². The molecule has 0 aliphatic heterocycles. The molecule has 0 amide bonds. The number of anilines is 1. The zero-order valence-corrected chi connectivity index (χ0v) is 14.4. The highest BCUT2D eigenvalue weighted by atomic mass is 32.1. The number of nitrogens with one attached hydrogen (secondary N) is 1. The maximum absolute atomic E-state index is 3.53. The third-order valence-corrected chi connectivity index (χ3v) is 4.78. The lowest BCUT2D eigenvalue weighted by atomic mass is 10.1. The van der Waals surface area contributed by atoms with Gasteiger partial charge >= 0.3 is 0 Å². The quantitative estimate of drug-likeness (QED) is 0.703. The van der Waals surface area contributed by atoms with Gasteiger partial charge in [-0.05, 0) is 40.3 Å². The monoisotopic (exact) mass is 322 g/mol. The van der Waals surface area contributed by atoms with E-state index in [4.69, 9.17) is 0 Å². The van der Waals surface area contributed by atoms with Crippen LogP contribution in [-0.4, -0.2) is 14.1 Å². The molecular formula is C20H22N2S. The molecule has 3 aromatic rings. The van der Waals surface area contributed by atoms with Crippen LogP contribution < -0.4 is 10.2 Å². The van der Waals surface area contributed by atoms with Gasteiger partial charge in [0.2, 0.25) is 0 Å². The van der Waals surface area contributed by atoms with Gasteiger partial charge < -0.3 is 10.2 Å². The molecule has 0 saturated heterocycles. The van der Waals surface area contributed by atoms with Gasteiger partial charge in [-0.2, -0.15) is 0 Å². The lowest BCUT2D eigenvalue weighted by Crippen LogP contribution is -2.12. The van der Waals surface area contributed by atoms with Crippen molar-refractivity contribution in [2.24, 2.45) is 0 Å². The van der Waals surface area contributed by atoms with E-state index in [1.807, 2.05) is 11.3 Å². The summed E-state index contributed by atoms with van der Waals surface area (Å²) >= 11 is 1.82. The van der Waals surface area contributed by atoms with Gasteiger partial charge in [0.15, 0.2) is 0 Å². The smallest absolute Gasteiger partial charge is 0.0361 e. The molecule has 0 saturated carbocycles. The molecule has 2 nitrogen and oxygen atoms in total. The van der Waals surface area contributed by atoms with Gasteiger partial charge in [0.1, 0.15) is 0 Å². The van der Waals surface area contributed by atoms with E-state index in [0.717, 1.165) is 13.1 Å². The first-order chi connectivity index (χ1) is 11.2. The van der Waals surface area contributed by atoms with Crippen molar-refractivity contribution in [3.8, 4) is 11.1 Å². The van der Waals surface area contributed by atoms with Crippen molar-refractivity contribution in [2.45, 2.75) is 13.1 Å². The molecule has 0 radical (unpaired) electrons. The fourth-order valence-corrected chi connectivity index (χ4v) is 3.36. The number of benzene rings is 2. The molecule has 118 valence electrons. The van der Waals surface area contributed by atoms with Gasteiger partial charge in [-0.3, -0.25) is 0 Å². The van der Waals surface area contributed by atoms with E-state index in [1.54, 1.807) is 0 Å². The number of nitrogens with zero attached hydrogens (tertiary/aromatic N) is 1. The third kappa shape index (κ3) is 4.21. The number of thiophene rings is 1. The summed E-state index contributed by atoms with van der Waals surface area (Å²) in [5.74, 6) is 0. The van der Waals surface area contributed by atoms with Crippen molar-refractivity contribution in [3.05, 3.63) is 76.5 Å². The van der Waals surface area contributed by atoms with E-state index >= 15 is 0 Å². The van der Waals surface area contributed by atoms with E-state index < -0.39 is 0 Å². The van der Waals surface area contributed by atoms with Crippen molar-refractivity contribution in [3.63, 3.8) is 0 Å². The molecule has 23 heavy (non-hydrogen) atoms. The maximum atomic E-state index is 3.53. The average molecular weight is 322 g/mol. The Kier molecular flexibility index (Phi) is 5.11. The van der Waals surface area contributed by atoms with E-state index in [-0.39, 0.29) is 0 Å². The summed E-state index contributed by atoms with van der Waals surface area (Å²) in [4.78, 5) is 3.49. The number of hydrogen-bond acceptors (Lipinski definition) is 3. The maximum Gasteiger partial charge on any atom is 0.0361 e. The first-order valence-corrected chi connectivity index (χ1v) is 8.70. The van der Waals surface area contributed by atoms with E-state index in [2.05, 4.69) is 90.4 Å². The zero-order valence-electron chi connectivity index (χ0n) is 13.6. The second kappa shape index (κ2) is 7.44. The minimum absolute atomic E-state index is 0.895. The molecule has 0 aliphatic rings. The summed E-state index contributed by atoms with van der Waals surface area (Å²) in [7, 11) is 4.13. The van der Waals surface area contributed by atoms with Crippen LogP contribution in [0.25, 0.3) is 11.1 Å². The molecule has 3 rings (SSSR count). The van der Waals surface area contributed by atoms with Crippen molar-refractivity contribution < 1.29 is 0 Å². The largest absolute Gasteiger partial charge is 0.378 e. The highest BCUT2D eigenvalue weighted by Gasteiger charge is 2.02. The Bertz CT molecular complexity index is 730. The lowest BCUT2D eigenvalue weighted by molar-refractivity contribution is 0.701. The van der Waals surface area contributed by atoms with Gasteiger partial charge in [0.25, 0.3) is 0 Å². The molecule has 0 atom stereocenters. The summed E-state index contributed by atoms with van der Waals surface area (Å²) in [6.45, 7) is 1.80. The molecule has 2 aromatic carbocycles. The molecule has 1 heterocycles. The molecule has 0 aliphatic carbocycles. The van der Waals surface area contributed by atoms with Crippen LogP contribution >= 0.6 is 11.3 Å². The SMILES string of the molecule is CN(C)c1ccc(CNCc2cc(-c3ccccc3)cs2)cc1. The van der Waals surface area contributed by atoms with Crippen LogP contribution in [-0.2, 0) is 13.1 Å². The van der Waals surface area contributed by atoms with Gasteiger partial charge in [-0.15, -0.1) is 11.3 Å². The summed E-state index contributed by atoms with van der Waals surface area (Å²) in [5, 5.41) is 5.76. The predicted molar refractivity (Wildman–Crippen MR) is 101 cm³/mol. The van der Waals surface area contributed by atoms with Crippen LogP contribution in [0.15, 0.2) is 66.0 Å². The Morgan fingerprint density at radius 2 is 1.61 bits per heavy atom. The Hall–Kier alpha value is -2.10. The van der Waals surface area contributed by atoms with Crippen LogP contribution in [0.3, 0.4) is 0 Å². The van der Waals surface area contributed by atoms with Crippen LogP contribution in [0, 0.1) is 0 Å². The summed E-state index contributed by atoms with van der Waals surface area (Å²) in [6, 6.07) is 21.5. The highest BCUT2D eigenvalue weighted by Crippen LogP contribution is 2.25. The standard InChI is InChI=1S/C20H22N2S/c1-22(2)19-10-8-16(9-11-19)13-21-14-20-12-18(15-23-20)17-6-4-3-5-7-17/h3-12,15,21H,13-14H2,1-2H3. The summed E-state index contributed by atoms with van der Waals surface area (Å²) in [5.41, 5.74) is 5.15. The highest BCUT2D eigenvalue weighted by molar-refractivity contribution is 7.10. The molecular weight excluding hydrogens is 300 g/mol. The van der Waals surface area contributed by atoms with E-state index in [0.29, 0.717) is 0 Å². The van der Waals surface area contributed by atoms with Gasteiger partial charge in [0, 0.05) is 37.7 Å². The molecule has 0 fully saturated rings. The van der Waals surface area contributed by atoms with Gasteiger partial charge in [-0.25, -0.2) is 0 Å². The minimum atomic E-state index is 0.895. The Morgan fingerprint density at radius 1 is 0.870 bits per heavy atom. The van der Waals surface area contributed by atoms with Gasteiger partial charge in [-0.1, -0.05) is 42.5 Å². The van der Waals surface area contributed by atoms with Crippen LogP contribution in [0.5, 0.6) is 0 Å². The van der Waals surface area contributed by atoms with Crippen LogP contribution in [0.4, 0.5) is 5.69 Å². The van der Waals surface area contributed by atoms with E-state index in [1.165, 1.54) is 27.3 Å². The molecule has 3 heteroatoms. The van der Waals surface area contributed by atoms with E-state index in [9.17, 15) is 0 Å². The molecule has 0 bridgehead atoms. The molecule has 0 spiro atoms. The average Bonchev–Trinajstić information content (AvgIpc) is 3.05. The Balaban J connectivity index is 1.54. The second-order valence-electron chi connectivity index (χ2n) is 5.83. The normalized spacial score (nSPS) is 10.7. The minimum Gasteiger partial charge on any atom is -0.378 e. The number of rotatable bonds is 6. The Labute approximate surface area is 142 Å². The topological polar surface area (TPSA) is 15.3 Å². The molecule has 1 aromatic heterocycles. The second-order valence-corrected chi connectivity index (χ2v) is 6.83. The third-order valence-electron chi connectivity index (χ3n) is 3.84. The zero-order chi connectivity index (χ0) is 16.1. The van der Waals surface area contributed by atoms with Gasteiger partial charge in [0.05, 0.1) is 0 Å². The predicted octanol–water partition coefficient (Wildman–Crippen LogP) is 4.77.